The van der Waals surface area contributed by atoms with E-state index < -0.39 is 6.09 Å². The van der Waals surface area contributed by atoms with Crippen LogP contribution in [-0.4, -0.2) is 47.2 Å². The molecule has 0 bridgehead atoms. The summed E-state index contributed by atoms with van der Waals surface area (Å²) in [5.41, 5.74) is 5.53. The van der Waals surface area contributed by atoms with Gasteiger partial charge in [0.15, 0.2) is 11.5 Å². The second-order valence-electron chi connectivity index (χ2n) is 7.22. The largest absolute Gasteiger partial charge is 0.486 e. The van der Waals surface area contributed by atoms with E-state index in [2.05, 4.69) is 5.43 Å². The molecule has 2 aromatic rings. The fourth-order valence-electron chi connectivity index (χ4n) is 3.90. The molecule has 0 spiro atoms. The maximum atomic E-state index is 12.1. The van der Waals surface area contributed by atoms with Crippen molar-refractivity contribution in [1.82, 2.24) is 10.4 Å². The van der Waals surface area contributed by atoms with Crippen LogP contribution >= 0.6 is 0 Å². The minimum Gasteiger partial charge on any atom is -0.486 e. The third kappa shape index (κ3) is 3.90. The highest BCUT2D eigenvalue weighted by molar-refractivity contribution is 5.63. The molecule has 2 heterocycles. The monoisotopic (exact) mass is 384 g/mol. The van der Waals surface area contributed by atoms with Crippen molar-refractivity contribution < 1.29 is 24.1 Å². The van der Waals surface area contributed by atoms with Gasteiger partial charge in [-0.15, -0.1) is 15.1 Å². The van der Waals surface area contributed by atoms with Gasteiger partial charge in [0.1, 0.15) is 32.8 Å². The molecule has 0 atom stereocenters. The highest BCUT2D eigenvalue weighted by atomic mass is 16.6. The van der Waals surface area contributed by atoms with Crippen molar-refractivity contribution in [1.29, 1.82) is 0 Å². The van der Waals surface area contributed by atoms with E-state index in [0.29, 0.717) is 26.3 Å². The van der Waals surface area contributed by atoms with Gasteiger partial charge >= 0.3 is 6.09 Å². The van der Waals surface area contributed by atoms with Crippen LogP contribution in [0.5, 0.6) is 11.5 Å². The van der Waals surface area contributed by atoms with Gasteiger partial charge < -0.3 is 14.6 Å². The minimum atomic E-state index is -0.916. The quantitative estimate of drug-likeness (QED) is 0.749. The van der Waals surface area contributed by atoms with E-state index in [4.69, 9.17) is 9.47 Å². The maximum Gasteiger partial charge on any atom is 0.454 e. The highest BCUT2D eigenvalue weighted by Crippen LogP contribution is 2.31. The standard InChI is InChI=1S/C21H25N3O4/c25-21(26)23(16-17-6-2-1-3-7-17)24(10-4-5-11-24)22-15-18-8-9-19-20(14-18)28-13-12-27-19/h1-3,6-9,14,22H,4-5,10-13,15-16H2/p+1. The van der Waals surface area contributed by atoms with Crippen molar-refractivity contribution in [2.75, 3.05) is 26.3 Å². The molecular formula is C21H26N3O4+. The molecule has 0 unspecified atom stereocenters. The fraction of sp³-hybridized carbons (Fsp3) is 0.381. The SMILES string of the molecule is O=C(O)N(Cc1ccccc1)[N+]1(NCc2ccc3c(c2)OCCO3)CCCC1. The molecule has 28 heavy (non-hydrogen) atoms. The number of ether oxygens (including phenoxy) is 2. The number of fused-ring (bicyclic) bond motifs is 1. The number of amides is 1. The molecular weight excluding hydrogens is 358 g/mol. The predicted octanol–water partition coefficient (Wildman–Crippen LogP) is 3.17. The van der Waals surface area contributed by atoms with Crippen molar-refractivity contribution in [2.45, 2.75) is 25.9 Å². The zero-order valence-corrected chi connectivity index (χ0v) is 15.8. The zero-order chi connectivity index (χ0) is 19.4. The van der Waals surface area contributed by atoms with E-state index >= 15 is 0 Å². The fourth-order valence-corrected chi connectivity index (χ4v) is 3.90. The summed E-state index contributed by atoms with van der Waals surface area (Å²) >= 11 is 0. The molecule has 2 aliphatic heterocycles. The summed E-state index contributed by atoms with van der Waals surface area (Å²) in [4.78, 5) is 12.1. The third-order valence-electron chi connectivity index (χ3n) is 5.35. The van der Waals surface area contributed by atoms with E-state index in [9.17, 15) is 9.90 Å². The minimum absolute atomic E-state index is 0.249. The van der Waals surface area contributed by atoms with Crippen LogP contribution in [0, 0.1) is 0 Å². The Bertz CT molecular complexity index is 822. The van der Waals surface area contributed by atoms with Gasteiger partial charge in [0.2, 0.25) is 0 Å². The average Bonchev–Trinajstić information content (AvgIpc) is 3.21. The first-order chi connectivity index (χ1) is 13.7. The summed E-state index contributed by atoms with van der Waals surface area (Å²) in [6.07, 6.45) is 1.07. The van der Waals surface area contributed by atoms with Gasteiger partial charge in [-0.3, -0.25) is 0 Å². The number of quaternary nitrogens is 1. The molecule has 1 fully saturated rings. The van der Waals surface area contributed by atoms with E-state index in [1.54, 1.807) is 0 Å². The van der Waals surface area contributed by atoms with Crippen molar-refractivity contribution in [3.8, 4) is 11.5 Å². The number of benzene rings is 2. The number of nitrogens with zero attached hydrogens (tertiary/aromatic N) is 2. The summed E-state index contributed by atoms with van der Waals surface area (Å²) in [7, 11) is 0. The molecule has 0 aromatic heterocycles. The Hall–Kier alpha value is -2.77. The topological polar surface area (TPSA) is 71.0 Å². The first-order valence-corrected chi connectivity index (χ1v) is 9.72. The highest BCUT2D eigenvalue weighted by Gasteiger charge is 2.42. The lowest BCUT2D eigenvalue weighted by atomic mass is 10.2. The number of hydrogen-bond acceptors (Lipinski definition) is 4. The normalized spacial score (nSPS) is 17.3. The van der Waals surface area contributed by atoms with Gasteiger partial charge in [0.05, 0.1) is 6.54 Å². The van der Waals surface area contributed by atoms with Crippen LogP contribution < -0.4 is 14.9 Å². The van der Waals surface area contributed by atoms with Crippen LogP contribution in [0.25, 0.3) is 0 Å². The van der Waals surface area contributed by atoms with Crippen LogP contribution in [-0.2, 0) is 13.1 Å². The Morgan fingerprint density at radius 2 is 1.71 bits per heavy atom. The Kier molecular flexibility index (Phi) is 5.36. The molecule has 1 amide bonds. The first-order valence-electron chi connectivity index (χ1n) is 9.72. The number of rotatable bonds is 6. The molecule has 2 N–H and O–H groups in total. The molecule has 7 nitrogen and oxygen atoms in total. The van der Waals surface area contributed by atoms with Crippen LogP contribution in [0.2, 0.25) is 0 Å². The molecule has 0 saturated carbocycles. The summed E-state index contributed by atoms with van der Waals surface area (Å²) < 4.78 is 11.5. The lowest BCUT2D eigenvalue weighted by Gasteiger charge is -2.40. The molecule has 148 valence electrons. The van der Waals surface area contributed by atoms with Crippen molar-refractivity contribution in [3.05, 3.63) is 59.7 Å². The lowest BCUT2D eigenvalue weighted by Crippen LogP contribution is -2.66. The maximum absolute atomic E-state index is 12.1. The molecule has 0 radical (unpaired) electrons. The van der Waals surface area contributed by atoms with E-state index in [0.717, 1.165) is 48.6 Å². The second kappa shape index (κ2) is 8.08. The van der Waals surface area contributed by atoms with Crippen molar-refractivity contribution in [3.63, 3.8) is 0 Å². The summed E-state index contributed by atoms with van der Waals surface area (Å²) in [5.74, 6) is 1.51. The van der Waals surface area contributed by atoms with Crippen molar-refractivity contribution >= 4 is 6.09 Å². The van der Waals surface area contributed by atoms with Gasteiger partial charge in [0.25, 0.3) is 0 Å². The third-order valence-corrected chi connectivity index (χ3v) is 5.35. The van der Waals surface area contributed by atoms with Crippen LogP contribution in [0.1, 0.15) is 24.0 Å². The molecule has 4 rings (SSSR count). The molecule has 7 heteroatoms. The zero-order valence-electron chi connectivity index (χ0n) is 15.8. The van der Waals surface area contributed by atoms with Crippen molar-refractivity contribution in [2.24, 2.45) is 0 Å². The molecule has 2 aromatic carbocycles. The second-order valence-corrected chi connectivity index (χ2v) is 7.22. The Balaban J connectivity index is 1.52. The van der Waals surface area contributed by atoms with Gasteiger partial charge in [-0.05, 0) is 23.3 Å². The Labute approximate surface area is 164 Å². The van der Waals surface area contributed by atoms with Gasteiger partial charge in [-0.2, -0.15) is 0 Å². The smallest absolute Gasteiger partial charge is 0.454 e. The number of carboxylic acid groups (broad SMARTS) is 1. The molecule has 0 aliphatic carbocycles. The first kappa shape index (κ1) is 18.6. The van der Waals surface area contributed by atoms with Gasteiger partial charge in [-0.1, -0.05) is 36.4 Å². The number of nitrogens with one attached hydrogen (secondary N) is 1. The van der Waals surface area contributed by atoms with Crippen LogP contribution in [0.3, 0.4) is 0 Å². The van der Waals surface area contributed by atoms with Crippen LogP contribution in [0.4, 0.5) is 4.79 Å². The van der Waals surface area contributed by atoms with Gasteiger partial charge in [-0.25, -0.2) is 4.79 Å². The number of carbonyl (C=O) groups is 1. The average molecular weight is 384 g/mol. The number of hydrogen-bond donors (Lipinski definition) is 2. The van der Waals surface area contributed by atoms with E-state index in [1.165, 1.54) is 5.01 Å². The van der Waals surface area contributed by atoms with E-state index in [-0.39, 0.29) is 4.70 Å². The van der Waals surface area contributed by atoms with Crippen LogP contribution in [0.15, 0.2) is 48.5 Å². The van der Waals surface area contributed by atoms with E-state index in [1.807, 2.05) is 48.5 Å². The lowest BCUT2D eigenvalue weighted by molar-refractivity contribution is -1.05. The summed E-state index contributed by atoms with van der Waals surface area (Å²) in [6.45, 7) is 3.53. The predicted molar refractivity (Wildman–Crippen MR) is 104 cm³/mol. The molecule has 1 saturated heterocycles. The Morgan fingerprint density at radius 3 is 2.43 bits per heavy atom. The van der Waals surface area contributed by atoms with Gasteiger partial charge in [0, 0.05) is 12.8 Å². The molecule has 2 aliphatic rings. The Morgan fingerprint density at radius 1 is 1.00 bits per heavy atom. The summed E-state index contributed by atoms with van der Waals surface area (Å²) in [5, 5.41) is 11.5. The summed E-state index contributed by atoms with van der Waals surface area (Å²) in [6, 6.07) is 15.6.